The van der Waals surface area contributed by atoms with E-state index in [9.17, 15) is 0 Å². The first-order chi connectivity index (χ1) is 6.29. The number of hydrogen-bond donors (Lipinski definition) is 0. The molecule has 0 saturated heterocycles. The van der Waals surface area contributed by atoms with Crippen LogP contribution < -0.4 is 0 Å². The predicted molar refractivity (Wildman–Crippen MR) is 61.2 cm³/mol. The fourth-order valence-electron chi connectivity index (χ4n) is 1.30. The van der Waals surface area contributed by atoms with Crippen molar-refractivity contribution in [1.29, 1.82) is 0 Å². The van der Waals surface area contributed by atoms with Crippen LogP contribution in [0.4, 0.5) is 0 Å². The van der Waals surface area contributed by atoms with Crippen LogP contribution >= 0.6 is 11.8 Å². The van der Waals surface area contributed by atoms with Gasteiger partial charge in [0, 0.05) is 4.90 Å². The van der Waals surface area contributed by atoms with Crippen molar-refractivity contribution >= 4 is 11.8 Å². The van der Waals surface area contributed by atoms with E-state index in [0.29, 0.717) is 5.92 Å². The second kappa shape index (κ2) is 5.13. The quantitative estimate of drug-likeness (QED) is 0.636. The minimum absolute atomic E-state index is 0.642. The molecule has 1 rings (SSSR count). The molecule has 0 aromatic heterocycles. The van der Waals surface area contributed by atoms with Gasteiger partial charge in [0.1, 0.15) is 0 Å². The summed E-state index contributed by atoms with van der Waals surface area (Å²) in [6.07, 6.45) is 1.19. The highest BCUT2D eigenvalue weighted by Gasteiger charge is 2.06. The van der Waals surface area contributed by atoms with Crippen LogP contribution in [0.15, 0.2) is 41.1 Å². The maximum absolute atomic E-state index is 3.75. The third-order valence-electron chi connectivity index (χ3n) is 2.27. The summed E-state index contributed by atoms with van der Waals surface area (Å²) < 4.78 is 0. The highest BCUT2D eigenvalue weighted by Crippen LogP contribution is 2.30. The molecule has 0 radical (unpaired) electrons. The summed E-state index contributed by atoms with van der Waals surface area (Å²) in [5, 5.41) is 1.89. The second-order valence-electron chi connectivity index (χ2n) is 3.13. The van der Waals surface area contributed by atoms with Crippen molar-refractivity contribution in [3.63, 3.8) is 0 Å². The molecule has 0 heterocycles. The zero-order chi connectivity index (χ0) is 9.68. The zero-order valence-corrected chi connectivity index (χ0v) is 9.10. The normalized spacial score (nSPS) is 12.5. The summed E-state index contributed by atoms with van der Waals surface area (Å²) in [7, 11) is 0. The summed E-state index contributed by atoms with van der Waals surface area (Å²) in [5.41, 5.74) is 1.44. The Kier molecular flexibility index (Phi) is 4.10. The largest absolute Gasteiger partial charge is 0.0984 e. The molecule has 0 amide bonds. The summed E-state index contributed by atoms with van der Waals surface area (Å²) >= 11 is 1.71. The van der Waals surface area contributed by atoms with Crippen molar-refractivity contribution in [1.82, 2.24) is 0 Å². The third kappa shape index (κ3) is 2.63. The van der Waals surface area contributed by atoms with E-state index in [1.165, 1.54) is 16.9 Å². The van der Waals surface area contributed by atoms with Gasteiger partial charge in [0.25, 0.3) is 0 Å². The van der Waals surface area contributed by atoms with Gasteiger partial charge in [0.05, 0.1) is 0 Å². The van der Waals surface area contributed by atoms with Crippen LogP contribution in [0.2, 0.25) is 0 Å². The summed E-state index contributed by atoms with van der Waals surface area (Å²) in [6.45, 7) is 8.23. The SMILES string of the molecule is C=CSc1ccccc1C(C)CC. The topological polar surface area (TPSA) is 0 Å². The van der Waals surface area contributed by atoms with E-state index < -0.39 is 0 Å². The van der Waals surface area contributed by atoms with Gasteiger partial charge in [-0.25, -0.2) is 0 Å². The van der Waals surface area contributed by atoms with Crippen LogP contribution in [0.1, 0.15) is 31.7 Å². The molecule has 0 aliphatic carbocycles. The minimum atomic E-state index is 0.642. The monoisotopic (exact) mass is 192 g/mol. The number of hydrogen-bond acceptors (Lipinski definition) is 1. The molecule has 1 heteroatoms. The molecule has 0 aliphatic rings. The molecule has 0 saturated carbocycles. The van der Waals surface area contributed by atoms with Gasteiger partial charge in [0.2, 0.25) is 0 Å². The lowest BCUT2D eigenvalue weighted by atomic mass is 9.99. The molecule has 1 aromatic rings. The Morgan fingerprint density at radius 1 is 1.46 bits per heavy atom. The van der Waals surface area contributed by atoms with Crippen LogP contribution in [-0.2, 0) is 0 Å². The molecule has 1 atom stereocenters. The number of benzene rings is 1. The maximum atomic E-state index is 3.75. The van der Waals surface area contributed by atoms with Crippen LogP contribution in [0.3, 0.4) is 0 Å². The molecule has 70 valence electrons. The van der Waals surface area contributed by atoms with Crippen molar-refractivity contribution < 1.29 is 0 Å². The van der Waals surface area contributed by atoms with Gasteiger partial charge in [-0.3, -0.25) is 0 Å². The van der Waals surface area contributed by atoms with E-state index >= 15 is 0 Å². The third-order valence-corrected chi connectivity index (χ3v) is 3.06. The zero-order valence-electron chi connectivity index (χ0n) is 8.29. The predicted octanol–water partition coefficient (Wildman–Crippen LogP) is 4.44. The summed E-state index contributed by atoms with van der Waals surface area (Å²) in [5.74, 6) is 0.642. The van der Waals surface area contributed by atoms with Gasteiger partial charge >= 0.3 is 0 Å². The average molecular weight is 192 g/mol. The van der Waals surface area contributed by atoms with Gasteiger partial charge in [-0.15, -0.1) is 0 Å². The first kappa shape index (κ1) is 10.4. The molecule has 13 heavy (non-hydrogen) atoms. The Hall–Kier alpha value is -0.690. The number of thioether (sulfide) groups is 1. The van der Waals surface area contributed by atoms with E-state index in [1.807, 2.05) is 5.41 Å². The Bertz CT molecular complexity index is 278. The second-order valence-corrected chi connectivity index (χ2v) is 4.14. The summed E-state index contributed by atoms with van der Waals surface area (Å²) in [6, 6.07) is 8.56. The van der Waals surface area contributed by atoms with Crippen LogP contribution in [0, 0.1) is 0 Å². The molecule has 0 bridgehead atoms. The lowest BCUT2D eigenvalue weighted by molar-refractivity contribution is 0.719. The smallest absolute Gasteiger partial charge is 0.0150 e. The van der Waals surface area contributed by atoms with Crippen molar-refractivity contribution in [2.45, 2.75) is 31.1 Å². The van der Waals surface area contributed by atoms with Crippen molar-refractivity contribution in [3.8, 4) is 0 Å². The van der Waals surface area contributed by atoms with Gasteiger partial charge in [-0.2, -0.15) is 0 Å². The lowest BCUT2D eigenvalue weighted by Gasteiger charge is -2.12. The van der Waals surface area contributed by atoms with Gasteiger partial charge in [-0.1, -0.05) is 50.4 Å². The number of rotatable bonds is 4. The molecule has 1 unspecified atom stereocenters. The van der Waals surface area contributed by atoms with E-state index in [2.05, 4.69) is 44.7 Å². The molecule has 0 nitrogen and oxygen atoms in total. The highest BCUT2D eigenvalue weighted by molar-refractivity contribution is 8.02. The van der Waals surface area contributed by atoms with Crippen LogP contribution in [0.25, 0.3) is 0 Å². The maximum Gasteiger partial charge on any atom is 0.0150 e. The molecular weight excluding hydrogens is 176 g/mol. The van der Waals surface area contributed by atoms with Crippen molar-refractivity contribution in [3.05, 3.63) is 41.8 Å². The molecule has 1 aromatic carbocycles. The van der Waals surface area contributed by atoms with Crippen molar-refractivity contribution in [2.75, 3.05) is 0 Å². The Balaban J connectivity index is 2.96. The molecule has 0 spiro atoms. The fraction of sp³-hybridized carbons (Fsp3) is 0.333. The highest BCUT2D eigenvalue weighted by atomic mass is 32.2. The van der Waals surface area contributed by atoms with E-state index in [0.717, 1.165) is 0 Å². The molecule has 0 N–H and O–H groups in total. The average Bonchev–Trinajstić information content (AvgIpc) is 2.18. The fourth-order valence-corrected chi connectivity index (χ4v) is 2.05. The molecular formula is C12H16S. The minimum Gasteiger partial charge on any atom is -0.0984 e. The van der Waals surface area contributed by atoms with Gasteiger partial charge in [-0.05, 0) is 29.4 Å². The first-order valence-corrected chi connectivity index (χ1v) is 5.54. The van der Waals surface area contributed by atoms with Crippen molar-refractivity contribution in [2.24, 2.45) is 0 Å². The van der Waals surface area contributed by atoms with E-state index in [-0.39, 0.29) is 0 Å². The standard InChI is InChI=1S/C12H16S/c1-4-10(3)11-8-6-7-9-12(11)13-5-2/h5-10H,2,4H2,1,3H3. The van der Waals surface area contributed by atoms with Gasteiger partial charge < -0.3 is 0 Å². The van der Waals surface area contributed by atoms with E-state index in [1.54, 1.807) is 11.8 Å². The first-order valence-electron chi connectivity index (χ1n) is 4.66. The Morgan fingerprint density at radius 2 is 2.15 bits per heavy atom. The summed E-state index contributed by atoms with van der Waals surface area (Å²) in [4.78, 5) is 1.34. The molecule has 0 fully saturated rings. The lowest BCUT2D eigenvalue weighted by Crippen LogP contribution is -1.92. The van der Waals surface area contributed by atoms with Crippen LogP contribution in [-0.4, -0.2) is 0 Å². The van der Waals surface area contributed by atoms with E-state index in [4.69, 9.17) is 0 Å². The Labute approximate surface area is 85.1 Å². The van der Waals surface area contributed by atoms with Gasteiger partial charge in [0.15, 0.2) is 0 Å². The Morgan fingerprint density at radius 3 is 2.77 bits per heavy atom. The van der Waals surface area contributed by atoms with Crippen LogP contribution in [0.5, 0.6) is 0 Å². The molecule has 0 aliphatic heterocycles.